The van der Waals surface area contributed by atoms with Gasteiger partial charge in [0.25, 0.3) is 0 Å². The Morgan fingerprint density at radius 2 is 2.24 bits per heavy atom. The van der Waals surface area contributed by atoms with Gasteiger partial charge in [0.15, 0.2) is 0 Å². The molecule has 4 heteroatoms. The van der Waals surface area contributed by atoms with Gasteiger partial charge in [0.1, 0.15) is 5.75 Å². The highest BCUT2D eigenvalue weighted by atomic mass is 79.9. The SMILES string of the molecule is COc1ccc(Br)c(CNCC2(CO)CC2)c1. The Labute approximate surface area is 110 Å². The maximum Gasteiger partial charge on any atom is 0.119 e. The van der Waals surface area contributed by atoms with E-state index in [1.54, 1.807) is 7.11 Å². The lowest BCUT2D eigenvalue weighted by Gasteiger charge is -2.14. The molecule has 0 saturated heterocycles. The van der Waals surface area contributed by atoms with Crippen LogP contribution in [0.1, 0.15) is 18.4 Å². The van der Waals surface area contributed by atoms with E-state index in [9.17, 15) is 5.11 Å². The maximum absolute atomic E-state index is 9.22. The van der Waals surface area contributed by atoms with E-state index >= 15 is 0 Å². The molecule has 1 saturated carbocycles. The number of hydrogen-bond donors (Lipinski definition) is 2. The average molecular weight is 300 g/mol. The van der Waals surface area contributed by atoms with E-state index in [1.165, 1.54) is 5.56 Å². The van der Waals surface area contributed by atoms with Crippen molar-refractivity contribution in [2.45, 2.75) is 19.4 Å². The summed E-state index contributed by atoms with van der Waals surface area (Å²) in [5.41, 5.74) is 1.34. The lowest BCUT2D eigenvalue weighted by atomic mass is 10.1. The Kier molecular flexibility index (Phi) is 4.07. The number of benzene rings is 1. The molecule has 0 heterocycles. The van der Waals surface area contributed by atoms with Gasteiger partial charge < -0.3 is 15.2 Å². The molecule has 1 aromatic carbocycles. The quantitative estimate of drug-likeness (QED) is 0.847. The van der Waals surface area contributed by atoms with Crippen LogP contribution < -0.4 is 10.1 Å². The molecule has 94 valence electrons. The first kappa shape index (κ1) is 12.9. The summed E-state index contributed by atoms with van der Waals surface area (Å²) in [6.45, 7) is 1.96. The highest BCUT2D eigenvalue weighted by Crippen LogP contribution is 2.44. The molecular formula is C13H18BrNO2. The van der Waals surface area contributed by atoms with Crippen LogP contribution in [-0.2, 0) is 6.54 Å². The minimum Gasteiger partial charge on any atom is -0.497 e. The standard InChI is InChI=1S/C13H18BrNO2/c1-17-11-2-3-12(14)10(6-11)7-15-8-13(9-16)4-5-13/h2-3,6,15-16H,4-5,7-9H2,1H3. The normalized spacial score (nSPS) is 16.9. The van der Waals surface area contributed by atoms with Crippen molar-refractivity contribution in [1.82, 2.24) is 5.32 Å². The second-order valence-electron chi connectivity index (χ2n) is 4.72. The van der Waals surface area contributed by atoms with E-state index in [1.807, 2.05) is 18.2 Å². The van der Waals surface area contributed by atoms with E-state index < -0.39 is 0 Å². The van der Waals surface area contributed by atoms with Crippen molar-refractivity contribution >= 4 is 15.9 Å². The van der Waals surface area contributed by atoms with Crippen molar-refractivity contribution in [3.8, 4) is 5.75 Å². The number of hydrogen-bond acceptors (Lipinski definition) is 3. The number of aliphatic hydroxyl groups is 1. The predicted octanol–water partition coefficient (Wildman–Crippen LogP) is 2.32. The molecule has 0 atom stereocenters. The molecule has 2 N–H and O–H groups in total. The molecule has 0 aromatic heterocycles. The Bertz CT molecular complexity index is 391. The molecule has 3 nitrogen and oxygen atoms in total. The molecule has 1 fully saturated rings. The summed E-state index contributed by atoms with van der Waals surface area (Å²) in [5.74, 6) is 0.869. The van der Waals surface area contributed by atoms with Gasteiger partial charge in [-0.1, -0.05) is 15.9 Å². The van der Waals surface area contributed by atoms with E-state index in [2.05, 4.69) is 21.2 Å². The van der Waals surface area contributed by atoms with Gasteiger partial charge in [-0.05, 0) is 36.6 Å². The molecule has 0 spiro atoms. The fraction of sp³-hybridized carbons (Fsp3) is 0.538. The summed E-state index contributed by atoms with van der Waals surface area (Å²) >= 11 is 3.53. The van der Waals surface area contributed by atoms with Crippen LogP contribution in [0.15, 0.2) is 22.7 Å². The first-order chi connectivity index (χ1) is 8.19. The van der Waals surface area contributed by atoms with Gasteiger partial charge in [0.2, 0.25) is 0 Å². The third-order valence-corrected chi connectivity index (χ3v) is 4.13. The van der Waals surface area contributed by atoms with Crippen LogP contribution in [0.4, 0.5) is 0 Å². The van der Waals surface area contributed by atoms with Gasteiger partial charge in [0.05, 0.1) is 7.11 Å². The largest absolute Gasteiger partial charge is 0.497 e. The lowest BCUT2D eigenvalue weighted by molar-refractivity contribution is 0.207. The molecule has 0 radical (unpaired) electrons. The number of rotatable bonds is 6. The van der Waals surface area contributed by atoms with Crippen LogP contribution in [0.5, 0.6) is 5.75 Å². The van der Waals surface area contributed by atoms with Gasteiger partial charge in [-0.15, -0.1) is 0 Å². The summed E-state index contributed by atoms with van der Waals surface area (Å²) in [4.78, 5) is 0. The second kappa shape index (κ2) is 5.38. The van der Waals surface area contributed by atoms with E-state index in [-0.39, 0.29) is 5.41 Å². The minimum atomic E-state index is 0.158. The van der Waals surface area contributed by atoms with Crippen molar-refractivity contribution in [2.75, 3.05) is 20.3 Å². The average Bonchev–Trinajstić information content (AvgIpc) is 3.12. The third kappa shape index (κ3) is 3.21. The van der Waals surface area contributed by atoms with Gasteiger partial charge in [-0.25, -0.2) is 0 Å². The molecular weight excluding hydrogens is 282 g/mol. The minimum absolute atomic E-state index is 0.158. The third-order valence-electron chi connectivity index (χ3n) is 3.36. The number of nitrogens with one attached hydrogen (secondary N) is 1. The molecule has 0 amide bonds. The highest BCUT2D eigenvalue weighted by Gasteiger charge is 2.41. The second-order valence-corrected chi connectivity index (χ2v) is 5.57. The van der Waals surface area contributed by atoms with Crippen LogP contribution in [0, 0.1) is 5.41 Å². The predicted molar refractivity (Wildman–Crippen MR) is 71.2 cm³/mol. The van der Waals surface area contributed by atoms with Crippen LogP contribution >= 0.6 is 15.9 Å². The zero-order chi connectivity index (χ0) is 12.3. The van der Waals surface area contributed by atoms with Gasteiger partial charge >= 0.3 is 0 Å². The Hall–Kier alpha value is -0.580. The molecule has 1 aliphatic carbocycles. The maximum atomic E-state index is 9.22. The van der Waals surface area contributed by atoms with E-state index in [0.29, 0.717) is 6.61 Å². The highest BCUT2D eigenvalue weighted by molar-refractivity contribution is 9.10. The van der Waals surface area contributed by atoms with Gasteiger partial charge in [-0.3, -0.25) is 0 Å². The molecule has 17 heavy (non-hydrogen) atoms. The smallest absolute Gasteiger partial charge is 0.119 e. The lowest BCUT2D eigenvalue weighted by Crippen LogP contribution is -2.26. The first-order valence-electron chi connectivity index (χ1n) is 5.83. The first-order valence-corrected chi connectivity index (χ1v) is 6.62. The summed E-state index contributed by atoms with van der Waals surface area (Å²) < 4.78 is 6.28. The van der Waals surface area contributed by atoms with Crippen molar-refractivity contribution < 1.29 is 9.84 Å². The van der Waals surface area contributed by atoms with Crippen LogP contribution in [-0.4, -0.2) is 25.4 Å². The zero-order valence-corrected chi connectivity index (χ0v) is 11.6. The fourth-order valence-corrected chi connectivity index (χ4v) is 2.23. The van der Waals surface area contributed by atoms with Crippen molar-refractivity contribution in [3.05, 3.63) is 28.2 Å². The summed E-state index contributed by atoms with van der Waals surface area (Å²) in [6.07, 6.45) is 2.27. The summed E-state index contributed by atoms with van der Waals surface area (Å²) in [6, 6.07) is 5.95. The summed E-state index contributed by atoms with van der Waals surface area (Å²) in [7, 11) is 1.67. The monoisotopic (exact) mass is 299 g/mol. The van der Waals surface area contributed by atoms with Crippen molar-refractivity contribution in [2.24, 2.45) is 5.41 Å². The van der Waals surface area contributed by atoms with Crippen LogP contribution in [0.3, 0.4) is 0 Å². The number of aliphatic hydroxyl groups excluding tert-OH is 1. The van der Waals surface area contributed by atoms with Crippen molar-refractivity contribution in [1.29, 1.82) is 0 Å². The number of halogens is 1. The molecule has 1 aromatic rings. The topological polar surface area (TPSA) is 41.5 Å². The molecule has 0 aliphatic heterocycles. The van der Waals surface area contributed by atoms with Crippen LogP contribution in [0.2, 0.25) is 0 Å². The Morgan fingerprint density at radius 3 is 2.82 bits per heavy atom. The van der Waals surface area contributed by atoms with Gasteiger partial charge in [-0.2, -0.15) is 0 Å². The fourth-order valence-electron chi connectivity index (χ4n) is 1.84. The molecule has 0 bridgehead atoms. The zero-order valence-electron chi connectivity index (χ0n) is 10.0. The van der Waals surface area contributed by atoms with Gasteiger partial charge in [0, 0.05) is 29.6 Å². The van der Waals surface area contributed by atoms with E-state index in [0.717, 1.165) is 36.2 Å². The number of methoxy groups -OCH3 is 1. The Balaban J connectivity index is 1.89. The summed E-state index contributed by atoms with van der Waals surface area (Å²) in [5, 5.41) is 12.6. The molecule has 1 aliphatic rings. The van der Waals surface area contributed by atoms with Crippen LogP contribution in [0.25, 0.3) is 0 Å². The number of ether oxygens (including phenoxy) is 1. The van der Waals surface area contributed by atoms with Crippen molar-refractivity contribution in [3.63, 3.8) is 0 Å². The molecule has 2 rings (SSSR count). The molecule has 0 unspecified atom stereocenters. The Morgan fingerprint density at radius 1 is 1.47 bits per heavy atom. The van der Waals surface area contributed by atoms with E-state index in [4.69, 9.17) is 4.74 Å².